The predicted molar refractivity (Wildman–Crippen MR) is 123 cm³/mol. The van der Waals surface area contributed by atoms with Gasteiger partial charge in [0.15, 0.2) is 5.96 Å². The van der Waals surface area contributed by atoms with Gasteiger partial charge in [-0.2, -0.15) is 0 Å². The summed E-state index contributed by atoms with van der Waals surface area (Å²) in [6.45, 7) is 8.69. The van der Waals surface area contributed by atoms with Gasteiger partial charge in [0.2, 0.25) is 0 Å². The number of morpholine rings is 1. The van der Waals surface area contributed by atoms with Crippen molar-refractivity contribution in [2.75, 3.05) is 39.8 Å². The highest BCUT2D eigenvalue weighted by Gasteiger charge is 2.32. The molecule has 0 aromatic heterocycles. The second-order valence-electron chi connectivity index (χ2n) is 7.92. The smallest absolute Gasteiger partial charge is 0.191 e. The minimum absolute atomic E-state index is 0. The third-order valence-electron chi connectivity index (χ3n) is 5.09. The highest BCUT2D eigenvalue weighted by molar-refractivity contribution is 14.0. The number of hydrogen-bond acceptors (Lipinski definition) is 3. The molecule has 1 aromatic rings. The summed E-state index contributed by atoms with van der Waals surface area (Å²) in [5.74, 6) is 1.70. The van der Waals surface area contributed by atoms with Gasteiger partial charge in [0.25, 0.3) is 0 Å². The second-order valence-corrected chi connectivity index (χ2v) is 8.36. The number of benzene rings is 1. The molecule has 0 spiro atoms. The largest absolute Gasteiger partial charge is 0.373 e. The lowest BCUT2D eigenvalue weighted by molar-refractivity contribution is -0.0971. The molecule has 0 radical (unpaired) electrons. The third kappa shape index (κ3) is 7.07. The third-order valence-corrected chi connectivity index (χ3v) is 5.34. The summed E-state index contributed by atoms with van der Waals surface area (Å²) >= 11 is 6.10. The molecule has 1 heterocycles. The number of rotatable bonds is 6. The highest BCUT2D eigenvalue weighted by Crippen LogP contribution is 2.28. The molecule has 1 atom stereocenters. The van der Waals surface area contributed by atoms with Crippen LogP contribution in [0.2, 0.25) is 5.02 Å². The van der Waals surface area contributed by atoms with Crippen LogP contribution in [0.1, 0.15) is 38.3 Å². The van der Waals surface area contributed by atoms with E-state index in [1.54, 1.807) is 0 Å². The Kier molecular flexibility index (Phi) is 8.65. The highest BCUT2D eigenvalue weighted by atomic mass is 127. The minimum Gasteiger partial charge on any atom is -0.373 e. The molecule has 0 bridgehead atoms. The summed E-state index contributed by atoms with van der Waals surface area (Å²) in [6.07, 6.45) is 2.67. The lowest BCUT2D eigenvalue weighted by Gasteiger charge is -2.42. The van der Waals surface area contributed by atoms with Crippen LogP contribution in [-0.4, -0.2) is 56.3 Å². The Bertz CT molecular complexity index is 619. The van der Waals surface area contributed by atoms with Gasteiger partial charge in [0.1, 0.15) is 0 Å². The van der Waals surface area contributed by atoms with Gasteiger partial charge >= 0.3 is 0 Å². The van der Waals surface area contributed by atoms with Crippen LogP contribution in [-0.2, 0) is 4.74 Å². The molecular weight excluding hydrogens is 475 g/mol. The van der Waals surface area contributed by atoms with Gasteiger partial charge in [-0.3, -0.25) is 9.89 Å². The summed E-state index contributed by atoms with van der Waals surface area (Å²) in [5, 5.41) is 7.72. The zero-order valence-corrected chi connectivity index (χ0v) is 19.6. The van der Waals surface area contributed by atoms with Crippen LogP contribution in [0.25, 0.3) is 0 Å². The number of hydrogen-bond donors (Lipinski definition) is 2. The van der Waals surface area contributed by atoms with E-state index in [2.05, 4.69) is 46.5 Å². The van der Waals surface area contributed by atoms with E-state index in [0.29, 0.717) is 0 Å². The number of ether oxygens (including phenoxy) is 1. The Labute approximate surface area is 185 Å². The average molecular weight is 507 g/mol. The summed E-state index contributed by atoms with van der Waals surface area (Å²) in [5.41, 5.74) is 1.13. The Balaban J connectivity index is 0.00000261. The van der Waals surface area contributed by atoms with Gasteiger partial charge in [-0.15, -0.1) is 24.0 Å². The van der Waals surface area contributed by atoms with Crippen molar-refractivity contribution in [3.05, 3.63) is 34.9 Å². The van der Waals surface area contributed by atoms with Gasteiger partial charge in [0.05, 0.1) is 18.2 Å². The Morgan fingerprint density at radius 2 is 2.00 bits per heavy atom. The topological polar surface area (TPSA) is 48.9 Å². The Morgan fingerprint density at radius 1 is 1.30 bits per heavy atom. The van der Waals surface area contributed by atoms with Crippen molar-refractivity contribution in [3.63, 3.8) is 0 Å². The van der Waals surface area contributed by atoms with Gasteiger partial charge in [-0.1, -0.05) is 23.7 Å². The maximum Gasteiger partial charge on any atom is 0.191 e. The van der Waals surface area contributed by atoms with Crippen molar-refractivity contribution >= 4 is 41.5 Å². The average Bonchev–Trinajstić information content (AvgIpc) is 3.43. The van der Waals surface area contributed by atoms with Gasteiger partial charge in [-0.05, 0) is 50.3 Å². The molecule has 1 aromatic carbocycles. The monoisotopic (exact) mass is 506 g/mol. The number of guanidine groups is 1. The number of aliphatic imine (C=N–C) groups is 1. The summed E-state index contributed by atoms with van der Waals surface area (Å²) in [7, 11) is 1.83. The lowest BCUT2D eigenvalue weighted by atomic mass is 10.0. The van der Waals surface area contributed by atoms with Gasteiger partial charge in [-0.25, -0.2) is 0 Å². The fraction of sp³-hybridized carbons (Fsp3) is 0.650. The number of nitrogens with one attached hydrogen (secondary N) is 2. The van der Waals surface area contributed by atoms with Crippen LogP contribution in [0.15, 0.2) is 29.3 Å². The molecule has 152 valence electrons. The van der Waals surface area contributed by atoms with Crippen LogP contribution in [0.5, 0.6) is 0 Å². The normalized spacial score (nSPS) is 21.3. The molecule has 2 N–H and O–H groups in total. The lowest BCUT2D eigenvalue weighted by Crippen LogP contribution is -2.52. The van der Waals surface area contributed by atoms with Crippen molar-refractivity contribution in [2.45, 2.75) is 38.3 Å². The molecule has 27 heavy (non-hydrogen) atoms. The number of nitrogens with zero attached hydrogens (tertiary/aromatic N) is 2. The predicted octanol–water partition coefficient (Wildman–Crippen LogP) is 3.68. The molecule has 7 heteroatoms. The SMILES string of the molecule is CN=C(NCC1CC1)NCC(c1ccc(Cl)cc1)N1CCOC(C)(C)C1.I. The van der Waals surface area contributed by atoms with Gasteiger partial charge < -0.3 is 15.4 Å². The first kappa shape index (κ1) is 22.7. The van der Waals surface area contributed by atoms with Gasteiger partial charge in [0, 0.05) is 38.2 Å². The van der Waals surface area contributed by atoms with Crippen molar-refractivity contribution in [1.82, 2.24) is 15.5 Å². The second kappa shape index (κ2) is 10.3. The van der Waals surface area contributed by atoms with E-state index in [1.807, 2.05) is 19.2 Å². The summed E-state index contributed by atoms with van der Waals surface area (Å²) < 4.78 is 5.90. The van der Waals surface area contributed by atoms with E-state index in [9.17, 15) is 0 Å². The zero-order chi connectivity index (χ0) is 18.6. The number of halogens is 2. The fourth-order valence-electron chi connectivity index (χ4n) is 3.44. The van der Waals surface area contributed by atoms with E-state index in [1.165, 1.54) is 18.4 Å². The van der Waals surface area contributed by atoms with Crippen LogP contribution < -0.4 is 10.6 Å². The summed E-state index contributed by atoms with van der Waals surface area (Å²) in [4.78, 5) is 6.87. The van der Waals surface area contributed by atoms with Crippen LogP contribution in [0.3, 0.4) is 0 Å². The molecule has 5 nitrogen and oxygen atoms in total. The molecule has 3 rings (SSSR count). The molecule has 1 aliphatic heterocycles. The standard InChI is InChI=1S/C20H31ClN4O.HI/c1-20(2)14-25(10-11-26-20)18(16-6-8-17(21)9-7-16)13-24-19(22-3)23-12-15-4-5-15;/h6-9,15,18H,4-5,10-14H2,1-3H3,(H2,22,23,24);1H. The van der Waals surface area contributed by atoms with Crippen molar-refractivity contribution in [3.8, 4) is 0 Å². The molecular formula is C20H32ClIN4O. The van der Waals surface area contributed by atoms with E-state index in [-0.39, 0.29) is 35.6 Å². The Hall–Kier alpha value is -0.570. The maximum absolute atomic E-state index is 6.10. The maximum atomic E-state index is 6.10. The van der Waals surface area contributed by atoms with E-state index < -0.39 is 0 Å². The molecule has 1 unspecified atom stereocenters. The minimum atomic E-state index is -0.130. The van der Waals surface area contributed by atoms with E-state index >= 15 is 0 Å². The van der Waals surface area contributed by atoms with Crippen molar-refractivity contribution in [2.24, 2.45) is 10.9 Å². The van der Waals surface area contributed by atoms with Crippen LogP contribution >= 0.6 is 35.6 Å². The first-order chi connectivity index (χ1) is 12.5. The van der Waals surface area contributed by atoms with E-state index in [4.69, 9.17) is 16.3 Å². The molecule has 1 saturated heterocycles. The first-order valence-electron chi connectivity index (χ1n) is 9.55. The molecule has 2 aliphatic rings. The quantitative estimate of drug-likeness (QED) is 0.351. The van der Waals surface area contributed by atoms with E-state index in [0.717, 1.165) is 49.7 Å². The Morgan fingerprint density at radius 3 is 2.59 bits per heavy atom. The molecule has 1 aliphatic carbocycles. The fourth-order valence-corrected chi connectivity index (χ4v) is 3.56. The first-order valence-corrected chi connectivity index (χ1v) is 9.92. The van der Waals surface area contributed by atoms with Crippen molar-refractivity contribution < 1.29 is 4.74 Å². The van der Waals surface area contributed by atoms with Crippen LogP contribution in [0, 0.1) is 5.92 Å². The molecule has 2 fully saturated rings. The van der Waals surface area contributed by atoms with Crippen molar-refractivity contribution in [1.29, 1.82) is 0 Å². The van der Waals surface area contributed by atoms with Crippen LogP contribution in [0.4, 0.5) is 0 Å². The molecule has 1 saturated carbocycles. The molecule has 0 amide bonds. The zero-order valence-electron chi connectivity index (χ0n) is 16.5. The summed E-state index contributed by atoms with van der Waals surface area (Å²) in [6, 6.07) is 8.43.